The number of phenols is 1. The van der Waals surface area contributed by atoms with Crippen LogP contribution < -0.4 is 15.4 Å². The minimum absolute atomic E-state index is 0.124. The van der Waals surface area contributed by atoms with E-state index in [1.165, 1.54) is 25.7 Å². The van der Waals surface area contributed by atoms with Crippen molar-refractivity contribution in [2.24, 2.45) is 0 Å². The monoisotopic (exact) mass is 438 g/mol. The molecule has 0 aliphatic carbocycles. The zero-order valence-electron chi connectivity index (χ0n) is 19.5. The first-order valence-corrected chi connectivity index (χ1v) is 11.9. The average Bonchev–Trinajstić information content (AvgIpc) is 2.80. The number of hydrogen-bond acceptors (Lipinski definition) is 4. The summed E-state index contributed by atoms with van der Waals surface area (Å²) in [4.78, 5) is 12.2. The Bertz CT molecular complexity index is 831. The van der Waals surface area contributed by atoms with Crippen LogP contribution in [0.4, 0.5) is 5.69 Å². The highest BCUT2D eigenvalue weighted by Gasteiger charge is 2.05. The van der Waals surface area contributed by atoms with Gasteiger partial charge in [-0.25, -0.2) is 0 Å². The first-order chi connectivity index (χ1) is 15.6. The van der Waals surface area contributed by atoms with Gasteiger partial charge in [0.15, 0.2) is 0 Å². The number of rotatable bonds is 15. The molecular formula is C27H38N2O3. The molecule has 3 N–H and O–H groups in total. The molecule has 0 bridgehead atoms. The summed E-state index contributed by atoms with van der Waals surface area (Å²) in [5.74, 6) is 0.992. The largest absolute Gasteiger partial charge is 0.508 e. The molecule has 0 fully saturated rings. The lowest BCUT2D eigenvalue weighted by Gasteiger charge is -2.14. The Kier molecular flexibility index (Phi) is 11.8. The molecule has 5 heteroatoms. The molecule has 0 unspecified atom stereocenters. The summed E-state index contributed by atoms with van der Waals surface area (Å²) in [5.41, 5.74) is 3.01. The summed E-state index contributed by atoms with van der Waals surface area (Å²) in [5, 5.41) is 15.7. The zero-order chi connectivity index (χ0) is 23.0. The number of carbonyl (C=O) groups is 1. The lowest BCUT2D eigenvalue weighted by Crippen LogP contribution is -2.23. The highest BCUT2D eigenvalue weighted by atomic mass is 16.5. The van der Waals surface area contributed by atoms with Crippen LogP contribution in [-0.4, -0.2) is 30.7 Å². The van der Waals surface area contributed by atoms with Crippen LogP contribution in [0.1, 0.15) is 63.5 Å². The fourth-order valence-corrected chi connectivity index (χ4v) is 3.27. The molecule has 1 amide bonds. The minimum atomic E-state index is -0.124. The van der Waals surface area contributed by atoms with E-state index < -0.39 is 0 Å². The van der Waals surface area contributed by atoms with Crippen molar-refractivity contribution in [3.8, 4) is 11.5 Å². The van der Waals surface area contributed by atoms with E-state index in [0.717, 1.165) is 55.0 Å². The maximum absolute atomic E-state index is 12.2. The zero-order valence-corrected chi connectivity index (χ0v) is 19.5. The molecule has 0 saturated heterocycles. The van der Waals surface area contributed by atoms with Crippen molar-refractivity contribution in [1.29, 1.82) is 0 Å². The van der Waals surface area contributed by atoms with Crippen LogP contribution in [0.2, 0.25) is 0 Å². The fourth-order valence-electron chi connectivity index (χ4n) is 3.27. The number of unbranched alkanes of at least 4 members (excludes halogenated alkanes) is 4. The summed E-state index contributed by atoms with van der Waals surface area (Å²) < 4.78 is 6.00. The van der Waals surface area contributed by atoms with Gasteiger partial charge in [0.2, 0.25) is 5.91 Å². The third kappa shape index (κ3) is 9.90. The van der Waals surface area contributed by atoms with Crippen molar-refractivity contribution in [1.82, 2.24) is 5.32 Å². The summed E-state index contributed by atoms with van der Waals surface area (Å²) in [7, 11) is 0. The number of phenolic OH excluding ortho intramolecular Hbond substituents is 1. The number of anilines is 1. The summed E-state index contributed by atoms with van der Waals surface area (Å²) in [6, 6.07) is 13.0. The van der Waals surface area contributed by atoms with Gasteiger partial charge in [0.1, 0.15) is 11.5 Å². The van der Waals surface area contributed by atoms with E-state index in [0.29, 0.717) is 6.54 Å². The molecule has 0 aliphatic rings. The van der Waals surface area contributed by atoms with Crippen molar-refractivity contribution >= 4 is 17.7 Å². The lowest BCUT2D eigenvalue weighted by molar-refractivity contribution is -0.116. The SMILES string of the molecule is CCCCCNc1cc(/C=C/C(=O)NCCc2ccc(O)cc2)ccc1OCCCCC. The van der Waals surface area contributed by atoms with Crippen molar-refractivity contribution < 1.29 is 14.6 Å². The van der Waals surface area contributed by atoms with E-state index in [-0.39, 0.29) is 11.7 Å². The average molecular weight is 439 g/mol. The Hall–Kier alpha value is -2.95. The molecule has 0 heterocycles. The van der Waals surface area contributed by atoms with Crippen molar-refractivity contribution in [2.45, 2.75) is 58.8 Å². The van der Waals surface area contributed by atoms with Crippen LogP contribution in [0.5, 0.6) is 11.5 Å². The van der Waals surface area contributed by atoms with Gasteiger partial charge in [0.05, 0.1) is 12.3 Å². The summed E-state index contributed by atoms with van der Waals surface area (Å²) in [6.07, 6.45) is 11.0. The van der Waals surface area contributed by atoms with Crippen LogP contribution in [-0.2, 0) is 11.2 Å². The Balaban J connectivity index is 1.90. The van der Waals surface area contributed by atoms with E-state index in [1.54, 1.807) is 18.2 Å². The molecule has 2 aromatic carbocycles. The number of benzene rings is 2. The van der Waals surface area contributed by atoms with E-state index >= 15 is 0 Å². The number of hydrogen-bond donors (Lipinski definition) is 3. The Labute approximate surface area is 192 Å². The van der Waals surface area contributed by atoms with E-state index in [4.69, 9.17) is 4.74 Å². The first kappa shape index (κ1) is 25.3. The molecule has 32 heavy (non-hydrogen) atoms. The highest BCUT2D eigenvalue weighted by Crippen LogP contribution is 2.27. The van der Waals surface area contributed by atoms with Gasteiger partial charge in [0.25, 0.3) is 0 Å². The highest BCUT2D eigenvalue weighted by molar-refractivity contribution is 5.91. The Morgan fingerprint density at radius 1 is 0.969 bits per heavy atom. The van der Waals surface area contributed by atoms with Gasteiger partial charge in [0, 0.05) is 19.2 Å². The summed E-state index contributed by atoms with van der Waals surface area (Å²) in [6.45, 7) is 6.55. The number of nitrogens with one attached hydrogen (secondary N) is 2. The molecule has 2 aromatic rings. The predicted octanol–water partition coefficient (Wildman–Crippen LogP) is 5.94. The van der Waals surface area contributed by atoms with Crippen LogP contribution >= 0.6 is 0 Å². The number of amides is 1. The maximum atomic E-state index is 12.2. The van der Waals surface area contributed by atoms with Crippen molar-refractivity contribution in [3.63, 3.8) is 0 Å². The quantitative estimate of drug-likeness (QED) is 0.238. The molecule has 0 atom stereocenters. The van der Waals surface area contributed by atoms with Crippen molar-refractivity contribution in [2.75, 3.05) is 25.0 Å². The Morgan fingerprint density at radius 3 is 2.47 bits per heavy atom. The molecule has 0 saturated carbocycles. The van der Waals surface area contributed by atoms with E-state index in [2.05, 4.69) is 24.5 Å². The second kappa shape index (κ2) is 15.0. The van der Waals surface area contributed by atoms with Gasteiger partial charge in [-0.3, -0.25) is 4.79 Å². The second-order valence-electron chi connectivity index (χ2n) is 7.99. The van der Waals surface area contributed by atoms with Gasteiger partial charge in [-0.1, -0.05) is 57.7 Å². The maximum Gasteiger partial charge on any atom is 0.244 e. The molecule has 0 aromatic heterocycles. The molecule has 5 nitrogen and oxygen atoms in total. The van der Waals surface area contributed by atoms with Gasteiger partial charge < -0.3 is 20.5 Å². The third-order valence-electron chi connectivity index (χ3n) is 5.18. The normalized spacial score (nSPS) is 10.9. The predicted molar refractivity (Wildman–Crippen MR) is 133 cm³/mol. The van der Waals surface area contributed by atoms with Crippen LogP contribution in [0.25, 0.3) is 6.08 Å². The number of carbonyl (C=O) groups excluding carboxylic acids is 1. The van der Waals surface area contributed by atoms with Crippen molar-refractivity contribution in [3.05, 3.63) is 59.7 Å². The first-order valence-electron chi connectivity index (χ1n) is 11.9. The lowest BCUT2D eigenvalue weighted by atomic mass is 10.1. The molecule has 2 rings (SSSR count). The molecule has 0 radical (unpaired) electrons. The van der Waals surface area contributed by atoms with Crippen LogP contribution in [0, 0.1) is 0 Å². The number of ether oxygens (including phenoxy) is 1. The molecule has 0 aliphatic heterocycles. The van der Waals surface area contributed by atoms with Gasteiger partial charge in [-0.15, -0.1) is 0 Å². The molecule has 0 spiro atoms. The van der Waals surface area contributed by atoms with Crippen LogP contribution in [0.15, 0.2) is 48.5 Å². The van der Waals surface area contributed by atoms with E-state index in [9.17, 15) is 9.90 Å². The minimum Gasteiger partial charge on any atom is -0.508 e. The second-order valence-corrected chi connectivity index (χ2v) is 7.99. The smallest absolute Gasteiger partial charge is 0.244 e. The topological polar surface area (TPSA) is 70.6 Å². The fraction of sp³-hybridized carbons (Fsp3) is 0.444. The number of aromatic hydroxyl groups is 1. The standard InChI is InChI=1S/C27H38N2O3/c1-3-5-7-18-28-25-21-23(11-15-26(25)32-20-8-6-4-2)12-16-27(31)29-19-17-22-9-13-24(30)14-10-22/h9-16,21,28,30H,3-8,17-20H2,1-2H3,(H,29,31)/b16-12+. The van der Waals surface area contributed by atoms with Gasteiger partial charge >= 0.3 is 0 Å². The van der Waals surface area contributed by atoms with Gasteiger partial charge in [-0.2, -0.15) is 0 Å². The van der Waals surface area contributed by atoms with Gasteiger partial charge in [-0.05, 0) is 60.7 Å². The summed E-state index contributed by atoms with van der Waals surface area (Å²) >= 11 is 0. The molecule has 174 valence electrons. The molecular weight excluding hydrogens is 400 g/mol. The van der Waals surface area contributed by atoms with Crippen LogP contribution in [0.3, 0.4) is 0 Å². The van der Waals surface area contributed by atoms with E-state index in [1.807, 2.05) is 36.4 Å². The third-order valence-corrected chi connectivity index (χ3v) is 5.18. The Morgan fingerprint density at radius 2 is 1.72 bits per heavy atom.